The molecule has 2 aromatic carbocycles. The summed E-state index contributed by atoms with van der Waals surface area (Å²) in [5.74, 6) is -0.126. The number of halogens is 9. The molecule has 2 amide bonds. The van der Waals surface area contributed by atoms with Crippen LogP contribution in [-0.2, 0) is 45.1 Å². The lowest BCUT2D eigenvalue weighted by atomic mass is 9.80. The Balaban J connectivity index is 1.09. The van der Waals surface area contributed by atoms with Crippen LogP contribution in [0.5, 0.6) is 0 Å². The Morgan fingerprint density at radius 1 is 0.786 bits per heavy atom. The second-order valence-corrected chi connectivity index (χ2v) is 14.1. The lowest BCUT2D eigenvalue weighted by Crippen LogP contribution is -2.33. The standard InChI is InChI=1S/C37H37F9N8O2/c1-52-50-34(49-51-52)53(20-24-14-26(35(38,39)40)17-27(15-24)36(41,42)43)21-25-16-28(37(44,45)46)19-48-31(25)10-12-47-18-23-8-6-22(7-9-23)11-13-54-32(55)29-4-2-3-5-30(29)33(54)56/h2-5,14-17,19,22-23,47H,6-13,18,20-21H2,1H3. The molecule has 19 heteroatoms. The van der Waals surface area contributed by atoms with E-state index in [1.165, 1.54) is 11.9 Å². The van der Waals surface area contributed by atoms with Crippen LogP contribution in [0.2, 0.25) is 0 Å². The fraction of sp³-hybridized carbons (Fsp3) is 0.459. The molecule has 0 saturated heterocycles. The van der Waals surface area contributed by atoms with E-state index in [4.69, 9.17) is 0 Å². The van der Waals surface area contributed by atoms with Crippen LogP contribution in [0.3, 0.4) is 0 Å². The van der Waals surface area contributed by atoms with Crippen molar-refractivity contribution in [2.24, 2.45) is 18.9 Å². The number of fused-ring (bicyclic) bond motifs is 1. The average Bonchev–Trinajstić information content (AvgIpc) is 3.68. The molecule has 1 aliphatic carbocycles. The lowest BCUT2D eigenvalue weighted by Gasteiger charge is -2.29. The molecule has 0 spiro atoms. The summed E-state index contributed by atoms with van der Waals surface area (Å²) in [7, 11) is 1.37. The Labute approximate surface area is 315 Å². The fourth-order valence-corrected chi connectivity index (χ4v) is 7.18. The van der Waals surface area contributed by atoms with Crippen molar-refractivity contribution in [2.75, 3.05) is 24.5 Å². The molecular formula is C37H37F9N8O2. The van der Waals surface area contributed by atoms with Gasteiger partial charge in [-0.3, -0.25) is 19.5 Å². The van der Waals surface area contributed by atoms with Gasteiger partial charge in [-0.05, 0) is 90.4 Å². The molecule has 2 aromatic heterocycles. The molecule has 300 valence electrons. The van der Waals surface area contributed by atoms with E-state index in [1.54, 1.807) is 24.3 Å². The summed E-state index contributed by atoms with van der Waals surface area (Å²) in [5.41, 5.74) is -3.51. The zero-order valence-electron chi connectivity index (χ0n) is 30.0. The van der Waals surface area contributed by atoms with Crippen LogP contribution in [0.15, 0.2) is 54.7 Å². The smallest absolute Gasteiger partial charge is 0.329 e. The molecule has 1 N–H and O–H groups in total. The third kappa shape index (κ3) is 9.65. The van der Waals surface area contributed by atoms with Gasteiger partial charge in [0.25, 0.3) is 17.8 Å². The minimum absolute atomic E-state index is 0.0107. The zero-order valence-corrected chi connectivity index (χ0v) is 30.0. The van der Waals surface area contributed by atoms with Gasteiger partial charge in [-0.25, -0.2) is 0 Å². The number of amides is 2. The first-order valence-corrected chi connectivity index (χ1v) is 17.8. The number of carbonyl (C=O) groups is 2. The number of aryl methyl sites for hydroxylation is 1. The van der Waals surface area contributed by atoms with E-state index in [1.807, 2.05) is 0 Å². The van der Waals surface area contributed by atoms with Crippen LogP contribution in [0.25, 0.3) is 0 Å². The molecule has 10 nitrogen and oxygen atoms in total. The van der Waals surface area contributed by atoms with E-state index in [0.717, 1.165) is 41.4 Å². The van der Waals surface area contributed by atoms with Crippen LogP contribution in [0, 0.1) is 11.8 Å². The maximum atomic E-state index is 13.8. The molecule has 0 unspecified atom stereocenters. The number of alkyl halides is 9. The number of nitrogens with one attached hydrogen (secondary N) is 1. The van der Waals surface area contributed by atoms with Crippen molar-refractivity contribution in [2.45, 2.75) is 70.1 Å². The van der Waals surface area contributed by atoms with Crippen molar-refractivity contribution in [1.29, 1.82) is 0 Å². The SMILES string of the molecule is Cn1nnc(N(Cc2cc(C(F)(F)F)cc(C(F)(F)F)c2)Cc2cc(C(F)(F)F)cnc2CCNCC2CCC(CCN3C(=O)c4ccccc4C3=O)CC2)n1. The van der Waals surface area contributed by atoms with Gasteiger partial charge >= 0.3 is 18.5 Å². The predicted octanol–water partition coefficient (Wildman–Crippen LogP) is 7.49. The molecule has 0 bridgehead atoms. The summed E-state index contributed by atoms with van der Waals surface area (Å²) in [5, 5.41) is 14.9. The third-order valence-electron chi connectivity index (χ3n) is 10.1. The molecule has 1 fully saturated rings. The van der Waals surface area contributed by atoms with Crippen molar-refractivity contribution < 1.29 is 49.1 Å². The molecule has 2 aliphatic rings. The second kappa shape index (κ2) is 16.2. The monoisotopic (exact) mass is 796 g/mol. The summed E-state index contributed by atoms with van der Waals surface area (Å²) in [4.78, 5) is 32.9. The van der Waals surface area contributed by atoms with E-state index in [2.05, 4.69) is 25.7 Å². The normalized spacial score (nSPS) is 17.8. The van der Waals surface area contributed by atoms with E-state index in [-0.39, 0.29) is 41.5 Å². The van der Waals surface area contributed by atoms with Crippen molar-refractivity contribution in [3.63, 3.8) is 0 Å². The van der Waals surface area contributed by atoms with Crippen molar-refractivity contribution in [1.82, 2.24) is 35.4 Å². The summed E-state index contributed by atoms with van der Waals surface area (Å²) in [6.07, 6.45) is -9.87. The molecule has 56 heavy (non-hydrogen) atoms. The number of hydrogen-bond donors (Lipinski definition) is 1. The van der Waals surface area contributed by atoms with Crippen LogP contribution in [0.4, 0.5) is 45.5 Å². The summed E-state index contributed by atoms with van der Waals surface area (Å²) in [6.45, 7) is 0.208. The topological polar surface area (TPSA) is 109 Å². The number of benzene rings is 2. The van der Waals surface area contributed by atoms with Gasteiger partial charge in [-0.2, -0.15) is 44.3 Å². The summed E-state index contributed by atoms with van der Waals surface area (Å²) in [6, 6.07) is 8.67. The Hall–Kier alpha value is -5.07. The first-order chi connectivity index (χ1) is 26.4. The molecule has 1 saturated carbocycles. The van der Waals surface area contributed by atoms with E-state index in [0.29, 0.717) is 67.3 Å². The number of imide groups is 1. The summed E-state index contributed by atoms with van der Waals surface area (Å²) < 4.78 is 123. The van der Waals surface area contributed by atoms with Crippen LogP contribution in [0.1, 0.15) is 86.3 Å². The van der Waals surface area contributed by atoms with Crippen LogP contribution >= 0.6 is 0 Å². The van der Waals surface area contributed by atoms with Gasteiger partial charge in [-0.1, -0.05) is 30.1 Å². The number of tetrazole rings is 1. The Bertz CT molecular complexity index is 1970. The minimum Gasteiger partial charge on any atom is -0.329 e. The van der Waals surface area contributed by atoms with Gasteiger partial charge in [0.05, 0.1) is 34.9 Å². The Kier molecular flexibility index (Phi) is 11.7. The van der Waals surface area contributed by atoms with Gasteiger partial charge in [0.1, 0.15) is 0 Å². The molecule has 1 aliphatic heterocycles. The molecule has 6 rings (SSSR count). The Morgan fingerprint density at radius 2 is 1.38 bits per heavy atom. The number of pyridine rings is 1. The number of hydrogen-bond acceptors (Lipinski definition) is 8. The van der Waals surface area contributed by atoms with Crippen molar-refractivity contribution >= 4 is 17.8 Å². The van der Waals surface area contributed by atoms with E-state index in [9.17, 15) is 49.1 Å². The highest BCUT2D eigenvalue weighted by molar-refractivity contribution is 6.21. The first kappa shape index (κ1) is 40.6. The third-order valence-corrected chi connectivity index (χ3v) is 10.1. The minimum atomic E-state index is -5.11. The van der Waals surface area contributed by atoms with Gasteiger partial charge in [0.15, 0.2) is 0 Å². The highest BCUT2D eigenvalue weighted by Crippen LogP contribution is 2.38. The number of nitrogens with zero attached hydrogens (tertiary/aromatic N) is 7. The van der Waals surface area contributed by atoms with Crippen molar-refractivity contribution in [3.8, 4) is 0 Å². The molecule has 0 radical (unpaired) electrons. The highest BCUT2D eigenvalue weighted by atomic mass is 19.4. The average molecular weight is 797 g/mol. The zero-order chi connectivity index (χ0) is 40.4. The maximum absolute atomic E-state index is 13.8. The van der Waals surface area contributed by atoms with E-state index < -0.39 is 53.9 Å². The second-order valence-electron chi connectivity index (χ2n) is 14.1. The van der Waals surface area contributed by atoms with E-state index >= 15 is 0 Å². The molecular weight excluding hydrogens is 759 g/mol. The van der Waals surface area contributed by atoms with Crippen LogP contribution in [-0.4, -0.2) is 61.5 Å². The van der Waals surface area contributed by atoms with Gasteiger partial charge in [0, 0.05) is 44.5 Å². The fourth-order valence-electron chi connectivity index (χ4n) is 7.18. The van der Waals surface area contributed by atoms with Gasteiger partial charge in [0.2, 0.25) is 0 Å². The molecule has 4 aromatic rings. The number of rotatable bonds is 13. The lowest BCUT2D eigenvalue weighted by molar-refractivity contribution is -0.143. The Morgan fingerprint density at radius 3 is 1.93 bits per heavy atom. The predicted molar refractivity (Wildman–Crippen MR) is 183 cm³/mol. The highest BCUT2D eigenvalue weighted by Gasteiger charge is 2.38. The van der Waals surface area contributed by atoms with Crippen LogP contribution < -0.4 is 10.2 Å². The number of carbonyl (C=O) groups excluding carboxylic acids is 2. The maximum Gasteiger partial charge on any atom is 0.417 e. The largest absolute Gasteiger partial charge is 0.417 e. The molecule has 0 atom stereocenters. The number of anilines is 1. The number of aromatic nitrogens is 5. The van der Waals surface area contributed by atoms with Gasteiger partial charge < -0.3 is 10.2 Å². The molecule has 3 heterocycles. The summed E-state index contributed by atoms with van der Waals surface area (Å²) >= 11 is 0. The first-order valence-electron chi connectivity index (χ1n) is 17.8. The van der Waals surface area contributed by atoms with Gasteiger partial charge in [-0.15, -0.1) is 5.10 Å². The van der Waals surface area contributed by atoms with Crippen molar-refractivity contribution in [3.05, 3.63) is 99.4 Å². The quantitative estimate of drug-likeness (QED) is 0.0843.